The van der Waals surface area contributed by atoms with E-state index in [-0.39, 0.29) is 5.91 Å². The number of benzene rings is 2. The van der Waals surface area contributed by atoms with E-state index in [1.54, 1.807) is 12.1 Å². The minimum Gasteiger partial charge on any atom is -0.293 e. The third-order valence-electron chi connectivity index (χ3n) is 3.70. The van der Waals surface area contributed by atoms with Crippen LogP contribution in [0.5, 0.6) is 0 Å². The lowest BCUT2D eigenvalue weighted by Gasteiger charge is -2.15. The lowest BCUT2D eigenvalue weighted by Crippen LogP contribution is -2.41. The van der Waals surface area contributed by atoms with Crippen molar-refractivity contribution < 1.29 is 4.79 Å². The van der Waals surface area contributed by atoms with Gasteiger partial charge in [-0.05, 0) is 23.3 Å². The fourth-order valence-corrected chi connectivity index (χ4v) is 2.58. The molecule has 0 radical (unpaired) electrons. The first-order chi connectivity index (χ1) is 10.3. The Balaban J connectivity index is 1.39. The van der Waals surface area contributed by atoms with Crippen molar-refractivity contribution in [1.29, 1.82) is 0 Å². The van der Waals surface area contributed by atoms with Crippen LogP contribution in [0.1, 0.15) is 21.5 Å². The van der Waals surface area contributed by atoms with Crippen molar-refractivity contribution in [3.05, 3.63) is 71.3 Å². The van der Waals surface area contributed by atoms with Gasteiger partial charge in [-0.3, -0.25) is 15.1 Å². The molecule has 1 aliphatic rings. The van der Waals surface area contributed by atoms with Crippen molar-refractivity contribution in [3.8, 4) is 0 Å². The summed E-state index contributed by atoms with van der Waals surface area (Å²) in [4.78, 5) is 14.2. The summed E-state index contributed by atoms with van der Waals surface area (Å²) < 4.78 is 0. The van der Waals surface area contributed by atoms with E-state index < -0.39 is 0 Å². The van der Waals surface area contributed by atoms with Crippen LogP contribution in [0.3, 0.4) is 0 Å². The Kier molecular flexibility index (Phi) is 4.28. The smallest absolute Gasteiger partial charge is 0.265 e. The summed E-state index contributed by atoms with van der Waals surface area (Å²) in [5.74, 6) is -0.0969. The lowest BCUT2D eigenvalue weighted by atomic mass is 10.1. The molecule has 0 aromatic heterocycles. The molecule has 2 aromatic rings. The fourth-order valence-electron chi connectivity index (χ4n) is 2.58. The summed E-state index contributed by atoms with van der Waals surface area (Å²) in [6.45, 7) is 3.62. The normalized spacial score (nSPS) is 13.9. The number of hydrazine groups is 1. The van der Waals surface area contributed by atoms with Crippen LogP contribution in [0.4, 0.5) is 0 Å². The fraction of sp³-hybridized carbons (Fsp3) is 0.235. The second-order valence-corrected chi connectivity index (χ2v) is 5.23. The quantitative estimate of drug-likeness (QED) is 0.650. The van der Waals surface area contributed by atoms with Crippen LogP contribution >= 0.6 is 0 Å². The molecule has 0 aliphatic carbocycles. The topological polar surface area (TPSA) is 44.4 Å². The third-order valence-corrected chi connectivity index (χ3v) is 3.70. The zero-order valence-corrected chi connectivity index (χ0v) is 11.9. The molecule has 0 atom stereocenters. The zero-order valence-electron chi connectivity index (χ0n) is 11.9. The summed E-state index contributed by atoms with van der Waals surface area (Å²) in [6.07, 6.45) is 0. The van der Waals surface area contributed by atoms with Gasteiger partial charge in [0.15, 0.2) is 0 Å². The minimum atomic E-state index is -0.0969. The van der Waals surface area contributed by atoms with E-state index in [2.05, 4.69) is 40.0 Å². The monoisotopic (exact) mass is 281 g/mol. The molecule has 4 nitrogen and oxygen atoms in total. The van der Waals surface area contributed by atoms with Gasteiger partial charge in [0.1, 0.15) is 0 Å². The Morgan fingerprint density at radius 3 is 2.24 bits per heavy atom. The maximum absolute atomic E-state index is 11.8. The molecule has 0 spiro atoms. The predicted molar refractivity (Wildman–Crippen MR) is 82.5 cm³/mol. The number of fused-ring (bicyclic) bond motifs is 1. The van der Waals surface area contributed by atoms with Crippen LogP contribution in [0, 0.1) is 0 Å². The number of hydrogen-bond acceptors (Lipinski definition) is 3. The molecule has 0 saturated heterocycles. The summed E-state index contributed by atoms with van der Waals surface area (Å²) >= 11 is 0. The number of carbonyl (C=O) groups excluding carboxylic acids is 1. The van der Waals surface area contributed by atoms with Gasteiger partial charge in [-0.15, -0.1) is 0 Å². The molecule has 108 valence electrons. The first-order valence-corrected chi connectivity index (χ1v) is 7.20. The zero-order chi connectivity index (χ0) is 14.5. The number of nitrogens with zero attached hydrogens (tertiary/aromatic N) is 1. The summed E-state index contributed by atoms with van der Waals surface area (Å²) in [7, 11) is 0. The number of hydrogen-bond donors (Lipinski definition) is 2. The van der Waals surface area contributed by atoms with Crippen molar-refractivity contribution in [2.24, 2.45) is 0 Å². The number of rotatable bonds is 5. The van der Waals surface area contributed by atoms with E-state index in [0.29, 0.717) is 5.56 Å². The lowest BCUT2D eigenvalue weighted by molar-refractivity contribution is 0.0930. The van der Waals surface area contributed by atoms with E-state index in [4.69, 9.17) is 0 Å². The third kappa shape index (κ3) is 3.48. The van der Waals surface area contributed by atoms with Crippen molar-refractivity contribution >= 4 is 5.91 Å². The summed E-state index contributed by atoms with van der Waals surface area (Å²) in [5.41, 5.74) is 9.21. The molecule has 1 aliphatic heterocycles. The number of amides is 1. The highest BCUT2D eigenvalue weighted by Crippen LogP contribution is 2.21. The minimum absolute atomic E-state index is 0.0969. The van der Waals surface area contributed by atoms with Gasteiger partial charge in [0, 0.05) is 31.7 Å². The molecule has 0 saturated carbocycles. The van der Waals surface area contributed by atoms with Gasteiger partial charge in [-0.25, -0.2) is 5.43 Å². The predicted octanol–water partition coefficient (Wildman–Crippen LogP) is 1.94. The Morgan fingerprint density at radius 1 is 0.952 bits per heavy atom. The van der Waals surface area contributed by atoms with E-state index >= 15 is 0 Å². The number of carbonyl (C=O) groups is 1. The molecule has 0 unspecified atom stereocenters. The SMILES string of the molecule is O=C(NNCCN1Cc2ccccc2C1)c1ccccc1. The van der Waals surface area contributed by atoms with Crippen LogP contribution in [0.25, 0.3) is 0 Å². The molecule has 0 fully saturated rings. The first kappa shape index (κ1) is 13.8. The Hall–Kier alpha value is -2.17. The molecule has 2 aromatic carbocycles. The van der Waals surface area contributed by atoms with Gasteiger partial charge in [-0.1, -0.05) is 42.5 Å². The van der Waals surface area contributed by atoms with Crippen molar-refractivity contribution in [3.63, 3.8) is 0 Å². The summed E-state index contributed by atoms with van der Waals surface area (Å²) in [6, 6.07) is 17.7. The Bertz CT molecular complexity index is 587. The molecular weight excluding hydrogens is 262 g/mol. The number of nitrogens with one attached hydrogen (secondary N) is 2. The van der Waals surface area contributed by atoms with Crippen LogP contribution in [-0.2, 0) is 13.1 Å². The van der Waals surface area contributed by atoms with Crippen molar-refractivity contribution in [2.75, 3.05) is 13.1 Å². The molecule has 21 heavy (non-hydrogen) atoms. The molecule has 1 amide bonds. The molecule has 1 heterocycles. The van der Waals surface area contributed by atoms with Crippen LogP contribution < -0.4 is 10.9 Å². The van der Waals surface area contributed by atoms with Crippen LogP contribution in [0.15, 0.2) is 54.6 Å². The molecule has 2 N–H and O–H groups in total. The Morgan fingerprint density at radius 2 is 1.57 bits per heavy atom. The van der Waals surface area contributed by atoms with Crippen LogP contribution in [0.2, 0.25) is 0 Å². The molecule has 3 rings (SSSR count). The maximum Gasteiger partial charge on any atom is 0.265 e. The highest BCUT2D eigenvalue weighted by Gasteiger charge is 2.17. The average molecular weight is 281 g/mol. The van der Waals surface area contributed by atoms with E-state index in [9.17, 15) is 4.79 Å². The maximum atomic E-state index is 11.8. The highest BCUT2D eigenvalue weighted by atomic mass is 16.2. The van der Waals surface area contributed by atoms with Gasteiger partial charge < -0.3 is 0 Å². The highest BCUT2D eigenvalue weighted by molar-refractivity contribution is 5.93. The molecule has 0 bridgehead atoms. The van der Waals surface area contributed by atoms with Gasteiger partial charge in [-0.2, -0.15) is 0 Å². The summed E-state index contributed by atoms with van der Waals surface area (Å²) in [5, 5.41) is 0. The van der Waals surface area contributed by atoms with Crippen molar-refractivity contribution in [1.82, 2.24) is 15.8 Å². The van der Waals surface area contributed by atoms with Gasteiger partial charge in [0.25, 0.3) is 5.91 Å². The van der Waals surface area contributed by atoms with Gasteiger partial charge in [0.2, 0.25) is 0 Å². The molecule has 4 heteroatoms. The standard InChI is InChI=1S/C17H19N3O/c21-17(14-6-2-1-3-7-14)19-18-10-11-20-12-15-8-4-5-9-16(15)13-20/h1-9,18H,10-13H2,(H,19,21). The Labute approximate surface area is 124 Å². The molecular formula is C17H19N3O. The van der Waals surface area contributed by atoms with E-state index in [1.807, 2.05) is 18.2 Å². The van der Waals surface area contributed by atoms with E-state index in [1.165, 1.54) is 11.1 Å². The average Bonchev–Trinajstić information content (AvgIpc) is 2.95. The second kappa shape index (κ2) is 6.52. The largest absolute Gasteiger partial charge is 0.293 e. The first-order valence-electron chi connectivity index (χ1n) is 7.20. The van der Waals surface area contributed by atoms with Gasteiger partial charge in [0.05, 0.1) is 0 Å². The second-order valence-electron chi connectivity index (χ2n) is 5.23. The van der Waals surface area contributed by atoms with Crippen molar-refractivity contribution in [2.45, 2.75) is 13.1 Å². The van der Waals surface area contributed by atoms with Gasteiger partial charge >= 0.3 is 0 Å². The van der Waals surface area contributed by atoms with Crippen LogP contribution in [-0.4, -0.2) is 23.9 Å². The van der Waals surface area contributed by atoms with E-state index in [0.717, 1.165) is 26.2 Å².